The molecule has 4 rings (SSSR count). The van der Waals surface area contributed by atoms with E-state index >= 15 is 0 Å². The number of rotatable bonds is 5. The molecule has 0 saturated carbocycles. The molecule has 3 heteroatoms. The fourth-order valence-electron chi connectivity index (χ4n) is 3.37. The molecular formula is C26H21NO2. The highest BCUT2D eigenvalue weighted by molar-refractivity contribution is 5.90. The summed E-state index contributed by atoms with van der Waals surface area (Å²) < 4.78 is 5.78. The number of hydrogen-bond donors (Lipinski definition) is 1. The molecule has 1 N–H and O–H groups in total. The van der Waals surface area contributed by atoms with Crippen molar-refractivity contribution in [1.82, 2.24) is 5.32 Å². The number of fused-ring (bicyclic) bond motifs is 2. The minimum atomic E-state index is -0.0365. The van der Waals surface area contributed by atoms with Gasteiger partial charge in [-0.05, 0) is 27.8 Å². The van der Waals surface area contributed by atoms with E-state index in [0.717, 1.165) is 32.9 Å². The van der Waals surface area contributed by atoms with Gasteiger partial charge in [0.25, 0.3) is 0 Å². The molecule has 0 bridgehead atoms. The summed E-state index contributed by atoms with van der Waals surface area (Å²) in [4.78, 5) is 12.2. The smallest absolute Gasteiger partial charge is 0.225 e. The summed E-state index contributed by atoms with van der Waals surface area (Å²) in [6.45, 7) is 0.593. The number of benzene rings is 4. The first-order valence-corrected chi connectivity index (χ1v) is 9.61. The number of carbonyl (C=O) groups is 1. The lowest BCUT2D eigenvalue weighted by Crippen LogP contribution is -2.25. The van der Waals surface area contributed by atoms with Crippen LogP contribution in [0.2, 0.25) is 0 Å². The van der Waals surface area contributed by atoms with E-state index in [2.05, 4.69) is 41.4 Å². The second-order valence-corrected chi connectivity index (χ2v) is 6.71. The van der Waals surface area contributed by atoms with Gasteiger partial charge >= 0.3 is 0 Å². The maximum Gasteiger partial charge on any atom is 0.225 e. The zero-order valence-electron chi connectivity index (χ0n) is 16.0. The summed E-state index contributed by atoms with van der Waals surface area (Å²) in [7, 11) is 0. The van der Waals surface area contributed by atoms with Gasteiger partial charge in [-0.1, -0.05) is 90.7 Å². The predicted molar refractivity (Wildman–Crippen MR) is 118 cm³/mol. The zero-order valence-corrected chi connectivity index (χ0v) is 16.0. The molecule has 0 aliphatic heterocycles. The van der Waals surface area contributed by atoms with Crippen LogP contribution in [-0.2, 0) is 11.2 Å². The topological polar surface area (TPSA) is 38.3 Å². The first-order valence-electron chi connectivity index (χ1n) is 9.61. The first-order chi connectivity index (χ1) is 14.3. The highest BCUT2D eigenvalue weighted by atomic mass is 16.5. The number of amides is 1. The van der Waals surface area contributed by atoms with Gasteiger partial charge in [0.1, 0.15) is 12.4 Å². The van der Waals surface area contributed by atoms with E-state index in [4.69, 9.17) is 4.74 Å². The van der Waals surface area contributed by atoms with Crippen molar-refractivity contribution in [3.63, 3.8) is 0 Å². The van der Waals surface area contributed by atoms with Crippen molar-refractivity contribution in [1.29, 1.82) is 0 Å². The Bertz CT molecular complexity index is 1210. The molecule has 142 valence electrons. The highest BCUT2D eigenvalue weighted by Crippen LogP contribution is 2.24. The van der Waals surface area contributed by atoms with Crippen LogP contribution in [0.15, 0.2) is 84.9 Å². The average molecular weight is 379 g/mol. The fourth-order valence-corrected chi connectivity index (χ4v) is 3.37. The Labute approximate surface area is 170 Å². The van der Waals surface area contributed by atoms with Crippen molar-refractivity contribution in [2.45, 2.75) is 6.42 Å². The molecule has 0 heterocycles. The van der Waals surface area contributed by atoms with Crippen molar-refractivity contribution in [3.8, 4) is 17.6 Å². The van der Waals surface area contributed by atoms with Crippen molar-refractivity contribution >= 4 is 27.5 Å². The predicted octanol–water partition coefficient (Wildman–Crippen LogP) is 4.73. The molecule has 0 aliphatic rings. The Balaban J connectivity index is 1.28. The third kappa shape index (κ3) is 4.56. The lowest BCUT2D eigenvalue weighted by molar-refractivity contribution is -0.120. The van der Waals surface area contributed by atoms with Crippen LogP contribution in [0.4, 0.5) is 0 Å². The molecule has 0 radical (unpaired) electrons. The minimum Gasteiger partial charge on any atom is -0.480 e. The van der Waals surface area contributed by atoms with E-state index in [0.29, 0.717) is 13.0 Å². The maximum absolute atomic E-state index is 12.2. The largest absolute Gasteiger partial charge is 0.480 e. The molecule has 0 saturated heterocycles. The molecule has 3 nitrogen and oxygen atoms in total. The van der Waals surface area contributed by atoms with Crippen LogP contribution in [0, 0.1) is 11.8 Å². The Kier molecular flexibility index (Phi) is 5.73. The van der Waals surface area contributed by atoms with E-state index in [1.807, 2.05) is 60.7 Å². The average Bonchev–Trinajstić information content (AvgIpc) is 2.76. The van der Waals surface area contributed by atoms with Gasteiger partial charge in [-0.15, -0.1) is 0 Å². The summed E-state index contributed by atoms with van der Waals surface area (Å²) in [6.07, 6.45) is 0.343. The van der Waals surface area contributed by atoms with Crippen molar-refractivity contribution in [2.24, 2.45) is 0 Å². The third-order valence-electron chi connectivity index (χ3n) is 4.78. The number of ether oxygens (including phenoxy) is 1. The van der Waals surface area contributed by atoms with E-state index in [9.17, 15) is 4.79 Å². The number of carbonyl (C=O) groups excluding carboxylic acids is 1. The monoisotopic (exact) mass is 379 g/mol. The quantitative estimate of drug-likeness (QED) is 0.509. The van der Waals surface area contributed by atoms with Gasteiger partial charge in [0.15, 0.2) is 0 Å². The maximum atomic E-state index is 12.2. The lowest BCUT2D eigenvalue weighted by Gasteiger charge is -2.06. The van der Waals surface area contributed by atoms with Gasteiger partial charge in [0.05, 0.1) is 13.0 Å². The number of hydrogen-bond acceptors (Lipinski definition) is 2. The third-order valence-corrected chi connectivity index (χ3v) is 4.78. The molecule has 1 amide bonds. The Hall–Kier alpha value is -3.77. The van der Waals surface area contributed by atoms with Gasteiger partial charge in [0, 0.05) is 5.39 Å². The van der Waals surface area contributed by atoms with Crippen LogP contribution >= 0.6 is 0 Å². The highest BCUT2D eigenvalue weighted by Gasteiger charge is 2.05. The van der Waals surface area contributed by atoms with Crippen LogP contribution in [-0.4, -0.2) is 19.1 Å². The van der Waals surface area contributed by atoms with Crippen LogP contribution in [0.5, 0.6) is 5.75 Å². The Morgan fingerprint density at radius 1 is 0.759 bits per heavy atom. The molecule has 0 fully saturated rings. The molecule has 0 unspecified atom stereocenters. The van der Waals surface area contributed by atoms with Crippen LogP contribution < -0.4 is 10.1 Å². The van der Waals surface area contributed by atoms with E-state index < -0.39 is 0 Å². The van der Waals surface area contributed by atoms with Gasteiger partial charge in [-0.2, -0.15) is 0 Å². The van der Waals surface area contributed by atoms with E-state index in [1.165, 1.54) is 0 Å². The Morgan fingerprint density at radius 3 is 2.24 bits per heavy atom. The standard InChI is InChI=1S/C26H21NO2/c28-26(19-22-13-7-11-20-9-1-3-14-23(20)22)27-17-5-6-18-29-25-16-8-12-21-10-2-4-15-24(21)25/h1-4,7-16H,17-19H2,(H,27,28). The van der Waals surface area contributed by atoms with Gasteiger partial charge in [-0.25, -0.2) is 0 Å². The second kappa shape index (κ2) is 8.95. The molecule has 4 aromatic rings. The molecule has 0 spiro atoms. The summed E-state index contributed by atoms with van der Waals surface area (Å²) in [5.41, 5.74) is 1.02. The molecule has 4 aromatic carbocycles. The summed E-state index contributed by atoms with van der Waals surface area (Å²) in [5, 5.41) is 7.32. The second-order valence-electron chi connectivity index (χ2n) is 6.71. The van der Waals surface area contributed by atoms with E-state index in [1.54, 1.807) is 0 Å². The zero-order chi connectivity index (χ0) is 19.9. The molecule has 29 heavy (non-hydrogen) atoms. The van der Waals surface area contributed by atoms with Crippen LogP contribution in [0.1, 0.15) is 5.56 Å². The molecule has 0 atom stereocenters. The van der Waals surface area contributed by atoms with Crippen molar-refractivity contribution in [2.75, 3.05) is 13.2 Å². The van der Waals surface area contributed by atoms with E-state index in [-0.39, 0.29) is 12.5 Å². The minimum absolute atomic E-state index is 0.0365. The Morgan fingerprint density at radius 2 is 1.41 bits per heavy atom. The summed E-state index contributed by atoms with van der Waals surface area (Å²) >= 11 is 0. The van der Waals surface area contributed by atoms with Crippen LogP contribution in [0.3, 0.4) is 0 Å². The summed E-state index contributed by atoms with van der Waals surface area (Å²) in [5.74, 6) is 6.69. The summed E-state index contributed by atoms with van der Waals surface area (Å²) in [6, 6.07) is 28.2. The lowest BCUT2D eigenvalue weighted by atomic mass is 10.0. The molecular weight excluding hydrogens is 358 g/mol. The molecule has 0 aliphatic carbocycles. The fraction of sp³-hybridized carbons (Fsp3) is 0.115. The van der Waals surface area contributed by atoms with Crippen LogP contribution in [0.25, 0.3) is 21.5 Å². The first kappa shape index (κ1) is 18.6. The van der Waals surface area contributed by atoms with Crippen molar-refractivity contribution < 1.29 is 9.53 Å². The number of nitrogens with one attached hydrogen (secondary N) is 1. The van der Waals surface area contributed by atoms with Crippen molar-refractivity contribution in [3.05, 3.63) is 90.5 Å². The van der Waals surface area contributed by atoms with Gasteiger partial charge < -0.3 is 10.1 Å². The SMILES string of the molecule is O=C(Cc1cccc2ccccc12)NCC#CCOc1cccc2ccccc12. The van der Waals surface area contributed by atoms with Gasteiger partial charge in [-0.3, -0.25) is 4.79 Å². The molecule has 0 aromatic heterocycles. The normalized spacial score (nSPS) is 10.3. The van der Waals surface area contributed by atoms with Gasteiger partial charge in [0.2, 0.25) is 5.91 Å².